The number of nitrogens with zero attached hydrogens (tertiary/aromatic N) is 3. The number of pyridine rings is 2. The molecule has 0 fully saturated rings. The minimum Gasteiger partial charge on any atom is -0.481 e. The average molecular weight is 456 g/mol. The van der Waals surface area contributed by atoms with E-state index in [1.54, 1.807) is 48.8 Å². The Balaban J connectivity index is 1.77. The molecule has 7 nitrogen and oxygen atoms in total. The highest BCUT2D eigenvalue weighted by Crippen LogP contribution is 2.28. The number of rotatable bonds is 7. The normalized spacial score (nSPS) is 11.6. The molecule has 4 aromatic rings. The van der Waals surface area contributed by atoms with Crippen molar-refractivity contribution in [2.75, 3.05) is 0 Å². The average Bonchev–Trinajstić information content (AvgIpc) is 3.12. The Morgan fingerprint density at radius 3 is 2.52 bits per heavy atom. The molecule has 31 heavy (non-hydrogen) atoms. The van der Waals surface area contributed by atoms with E-state index in [1.807, 2.05) is 12.1 Å². The summed E-state index contributed by atoms with van der Waals surface area (Å²) in [6, 6.07) is 15.0. The largest absolute Gasteiger partial charge is 0.481 e. The molecule has 4 rings (SSSR count). The fraction of sp³-hybridized carbons (Fsp3) is 0.136. The maximum Gasteiger partial charge on any atom is 0.303 e. The summed E-state index contributed by atoms with van der Waals surface area (Å²) in [6.07, 6.45) is 3.89. The Morgan fingerprint density at radius 1 is 1.06 bits per heavy atom. The van der Waals surface area contributed by atoms with E-state index in [0.717, 1.165) is 11.1 Å². The zero-order valence-electron chi connectivity index (χ0n) is 16.3. The fourth-order valence-corrected chi connectivity index (χ4v) is 5.14. The van der Waals surface area contributed by atoms with Crippen molar-refractivity contribution in [3.05, 3.63) is 77.8 Å². The van der Waals surface area contributed by atoms with Crippen molar-refractivity contribution in [1.29, 1.82) is 0 Å². The summed E-state index contributed by atoms with van der Waals surface area (Å²) in [7, 11) is -3.94. The summed E-state index contributed by atoms with van der Waals surface area (Å²) < 4.78 is 28.3. The zero-order valence-corrected chi connectivity index (χ0v) is 17.8. The van der Waals surface area contributed by atoms with E-state index < -0.39 is 16.0 Å². The van der Waals surface area contributed by atoms with Gasteiger partial charge in [-0.15, -0.1) is 0 Å². The summed E-state index contributed by atoms with van der Waals surface area (Å²) in [6.45, 7) is 0. The molecule has 0 aliphatic carbocycles. The lowest BCUT2D eigenvalue weighted by Gasteiger charge is -2.12. The highest BCUT2D eigenvalue weighted by molar-refractivity contribution is 7.90. The van der Waals surface area contributed by atoms with Gasteiger partial charge in [-0.25, -0.2) is 17.4 Å². The van der Waals surface area contributed by atoms with Gasteiger partial charge in [0.15, 0.2) is 0 Å². The molecule has 0 amide bonds. The number of carbonyl (C=O) groups is 1. The van der Waals surface area contributed by atoms with Gasteiger partial charge in [0.1, 0.15) is 5.15 Å². The molecule has 0 aliphatic heterocycles. The molecule has 0 atom stereocenters. The summed E-state index contributed by atoms with van der Waals surface area (Å²) in [5.41, 5.74) is 3.02. The van der Waals surface area contributed by atoms with Gasteiger partial charge < -0.3 is 5.11 Å². The highest BCUT2D eigenvalue weighted by atomic mass is 35.5. The third-order valence-corrected chi connectivity index (χ3v) is 6.85. The van der Waals surface area contributed by atoms with Gasteiger partial charge in [-0.05, 0) is 60.4 Å². The Morgan fingerprint density at radius 2 is 1.84 bits per heavy atom. The van der Waals surface area contributed by atoms with Crippen LogP contribution in [0.1, 0.15) is 18.5 Å². The summed E-state index contributed by atoms with van der Waals surface area (Å²) in [5, 5.41) is 9.19. The van der Waals surface area contributed by atoms with Gasteiger partial charge in [-0.1, -0.05) is 29.8 Å². The van der Waals surface area contributed by atoms with Crippen LogP contribution in [0.15, 0.2) is 71.9 Å². The zero-order chi connectivity index (χ0) is 22.0. The second-order valence-corrected chi connectivity index (χ2v) is 9.13. The number of carboxylic acids is 1. The number of halogens is 1. The van der Waals surface area contributed by atoms with Gasteiger partial charge in [-0.2, -0.15) is 0 Å². The molecule has 0 bridgehead atoms. The van der Waals surface area contributed by atoms with E-state index in [4.69, 9.17) is 16.7 Å². The van der Waals surface area contributed by atoms with Crippen LogP contribution >= 0.6 is 11.6 Å². The molecule has 0 saturated carbocycles. The maximum atomic E-state index is 13.5. The lowest BCUT2D eigenvalue weighted by Crippen LogP contribution is -2.16. The van der Waals surface area contributed by atoms with Crippen LogP contribution in [0.4, 0.5) is 0 Å². The smallest absolute Gasteiger partial charge is 0.303 e. The van der Waals surface area contributed by atoms with Crippen molar-refractivity contribution in [2.45, 2.75) is 24.2 Å². The van der Waals surface area contributed by atoms with E-state index in [0.29, 0.717) is 23.1 Å². The molecule has 1 N–H and O–H groups in total. The number of hydrogen-bond donors (Lipinski definition) is 1. The quantitative estimate of drug-likeness (QED) is 0.414. The molecular formula is C22H18ClN3O4S. The van der Waals surface area contributed by atoms with Gasteiger partial charge >= 0.3 is 5.97 Å². The monoisotopic (exact) mass is 455 g/mol. The highest BCUT2D eigenvalue weighted by Gasteiger charge is 2.24. The summed E-state index contributed by atoms with van der Waals surface area (Å²) in [5.74, 6) is -0.933. The SMILES string of the molecule is O=C(O)CCCc1cc2nc(Cl)ccc2n1S(=O)(=O)c1ccc(-c2cccnc2)cc1. The Kier molecular flexibility index (Phi) is 5.75. The minimum absolute atomic E-state index is 0.0600. The Bertz CT molecular complexity index is 1350. The number of fused-ring (bicyclic) bond motifs is 1. The molecule has 9 heteroatoms. The molecule has 158 valence electrons. The molecule has 0 unspecified atom stereocenters. The van der Waals surface area contributed by atoms with Crippen molar-refractivity contribution in [1.82, 2.24) is 13.9 Å². The first kappa shape index (κ1) is 21.0. The third kappa shape index (κ3) is 4.30. The number of carboxylic acid groups (broad SMARTS) is 1. The third-order valence-electron chi connectivity index (χ3n) is 4.86. The fourth-order valence-electron chi connectivity index (χ4n) is 3.43. The van der Waals surface area contributed by atoms with E-state index >= 15 is 0 Å². The minimum atomic E-state index is -3.94. The van der Waals surface area contributed by atoms with Crippen LogP contribution in [-0.4, -0.2) is 33.4 Å². The van der Waals surface area contributed by atoms with Crippen LogP contribution in [0, 0.1) is 0 Å². The second-order valence-electron chi connectivity index (χ2n) is 6.96. The number of hydrogen-bond acceptors (Lipinski definition) is 5. The molecule has 3 aromatic heterocycles. The predicted molar refractivity (Wildman–Crippen MR) is 118 cm³/mol. The number of aromatic nitrogens is 3. The van der Waals surface area contributed by atoms with Crippen LogP contribution < -0.4 is 0 Å². The molecule has 0 saturated heterocycles. The lowest BCUT2D eigenvalue weighted by atomic mass is 10.1. The van der Waals surface area contributed by atoms with Crippen LogP contribution in [-0.2, 0) is 21.2 Å². The Labute approximate surface area is 184 Å². The summed E-state index contributed by atoms with van der Waals surface area (Å²) >= 11 is 5.98. The van der Waals surface area contributed by atoms with Gasteiger partial charge in [0.25, 0.3) is 10.0 Å². The number of benzene rings is 1. The van der Waals surface area contributed by atoms with Crippen LogP contribution in [0.25, 0.3) is 22.2 Å². The first-order chi connectivity index (χ1) is 14.9. The van der Waals surface area contributed by atoms with Crippen molar-refractivity contribution >= 4 is 38.6 Å². The van der Waals surface area contributed by atoms with Gasteiger partial charge in [0, 0.05) is 24.5 Å². The van der Waals surface area contributed by atoms with E-state index in [1.165, 1.54) is 10.0 Å². The first-order valence-corrected chi connectivity index (χ1v) is 11.3. The molecule has 0 spiro atoms. The van der Waals surface area contributed by atoms with E-state index in [9.17, 15) is 13.2 Å². The van der Waals surface area contributed by atoms with Crippen molar-refractivity contribution < 1.29 is 18.3 Å². The van der Waals surface area contributed by atoms with Crippen LogP contribution in [0.5, 0.6) is 0 Å². The maximum absolute atomic E-state index is 13.5. The van der Waals surface area contributed by atoms with Crippen LogP contribution in [0.2, 0.25) is 5.15 Å². The number of aryl methyl sites for hydroxylation is 1. The van der Waals surface area contributed by atoms with Crippen molar-refractivity contribution in [2.24, 2.45) is 0 Å². The van der Waals surface area contributed by atoms with Gasteiger partial charge in [0.05, 0.1) is 15.9 Å². The van der Waals surface area contributed by atoms with Gasteiger partial charge in [0.2, 0.25) is 0 Å². The van der Waals surface area contributed by atoms with Crippen molar-refractivity contribution in [3.8, 4) is 11.1 Å². The lowest BCUT2D eigenvalue weighted by molar-refractivity contribution is -0.137. The van der Waals surface area contributed by atoms with E-state index in [2.05, 4.69) is 9.97 Å². The molecular weight excluding hydrogens is 438 g/mol. The Hall–Kier alpha value is -3.23. The first-order valence-electron chi connectivity index (χ1n) is 9.51. The van der Waals surface area contributed by atoms with Crippen molar-refractivity contribution in [3.63, 3.8) is 0 Å². The molecule has 0 aliphatic rings. The topological polar surface area (TPSA) is 102 Å². The van der Waals surface area contributed by atoms with Crippen LogP contribution in [0.3, 0.4) is 0 Å². The summed E-state index contributed by atoms with van der Waals surface area (Å²) in [4.78, 5) is 19.3. The van der Waals surface area contributed by atoms with Gasteiger partial charge in [-0.3, -0.25) is 9.78 Å². The van der Waals surface area contributed by atoms with E-state index in [-0.39, 0.29) is 22.9 Å². The molecule has 1 aromatic carbocycles. The second kappa shape index (κ2) is 8.49. The number of aliphatic carboxylic acids is 1. The predicted octanol–water partition coefficient (Wildman–Crippen LogP) is 4.40. The molecule has 0 radical (unpaired) electrons. The standard InChI is InChI=1S/C22H18ClN3O4S/c23-21-11-10-20-19(25-21)13-17(4-1-5-22(27)28)26(20)31(29,30)18-8-6-15(7-9-18)16-3-2-12-24-14-16/h2-3,6-14H,1,4-5H2,(H,27,28). The molecule has 3 heterocycles.